The number of benzene rings is 1. The van der Waals surface area contributed by atoms with Gasteiger partial charge in [0.05, 0.1) is 29.5 Å². The first-order chi connectivity index (χ1) is 16.4. The maximum absolute atomic E-state index is 12.9. The van der Waals surface area contributed by atoms with Gasteiger partial charge in [0.1, 0.15) is 12.5 Å². The summed E-state index contributed by atoms with van der Waals surface area (Å²) in [6, 6.07) is 6.85. The molecule has 3 rings (SSSR count). The lowest BCUT2D eigenvalue weighted by molar-refractivity contribution is -0.138. The van der Waals surface area contributed by atoms with Crippen LogP contribution in [0.15, 0.2) is 58.7 Å². The third-order valence-corrected chi connectivity index (χ3v) is 6.60. The molecule has 0 saturated heterocycles. The number of hydrogen-bond acceptors (Lipinski definition) is 10. The molecule has 0 spiro atoms. The molecular formula is C23H22N4O5S2. The number of carbonyl (C=O) groups excluding carboxylic acids is 2. The van der Waals surface area contributed by atoms with Crippen LogP contribution in [0.5, 0.6) is 11.5 Å². The molecule has 34 heavy (non-hydrogen) atoms. The predicted molar refractivity (Wildman–Crippen MR) is 131 cm³/mol. The number of rotatable bonds is 8. The molecule has 2 atom stereocenters. The summed E-state index contributed by atoms with van der Waals surface area (Å²) in [5.41, 5.74) is 1.16. The number of allylic oxidation sites excluding steroid dienone is 1. The molecular weight excluding hydrogens is 476 g/mol. The van der Waals surface area contributed by atoms with E-state index in [2.05, 4.69) is 27.9 Å². The van der Waals surface area contributed by atoms with E-state index in [-0.39, 0.29) is 35.3 Å². The van der Waals surface area contributed by atoms with E-state index in [0.29, 0.717) is 21.4 Å². The number of amides is 1. The highest BCUT2D eigenvalue weighted by Crippen LogP contribution is 2.43. The van der Waals surface area contributed by atoms with Crippen LogP contribution in [0.2, 0.25) is 0 Å². The number of aromatic nitrogens is 1. The van der Waals surface area contributed by atoms with Gasteiger partial charge < -0.3 is 19.9 Å². The van der Waals surface area contributed by atoms with Gasteiger partial charge in [0.2, 0.25) is 5.91 Å². The van der Waals surface area contributed by atoms with Crippen molar-refractivity contribution < 1.29 is 24.2 Å². The van der Waals surface area contributed by atoms with Gasteiger partial charge in [-0.15, -0.1) is 11.3 Å². The van der Waals surface area contributed by atoms with Gasteiger partial charge in [0.15, 0.2) is 16.6 Å². The summed E-state index contributed by atoms with van der Waals surface area (Å²) in [6.07, 6.45) is 3.03. The van der Waals surface area contributed by atoms with Crippen LogP contribution >= 0.6 is 23.1 Å². The average Bonchev–Trinajstić information content (AvgIpc) is 3.34. The van der Waals surface area contributed by atoms with Crippen molar-refractivity contribution in [1.29, 1.82) is 5.26 Å². The maximum Gasteiger partial charge on any atom is 0.336 e. The molecule has 176 valence electrons. The van der Waals surface area contributed by atoms with Crippen LogP contribution in [0.3, 0.4) is 0 Å². The van der Waals surface area contributed by atoms with Crippen LogP contribution in [-0.4, -0.2) is 46.5 Å². The van der Waals surface area contributed by atoms with Crippen molar-refractivity contribution in [3.8, 4) is 17.6 Å². The number of carbonyl (C=O) groups is 2. The molecule has 1 aromatic heterocycles. The molecule has 11 heteroatoms. The molecule has 1 aliphatic heterocycles. The van der Waals surface area contributed by atoms with Crippen LogP contribution in [0.4, 0.5) is 5.13 Å². The number of aromatic hydroxyl groups is 1. The fourth-order valence-corrected chi connectivity index (χ4v) is 4.86. The second kappa shape index (κ2) is 11.5. The number of nitrogens with zero attached hydrogens (tertiary/aromatic N) is 3. The first kappa shape index (κ1) is 25.0. The van der Waals surface area contributed by atoms with Crippen molar-refractivity contribution in [3.63, 3.8) is 0 Å². The van der Waals surface area contributed by atoms with Gasteiger partial charge in [-0.25, -0.2) is 14.8 Å². The smallest absolute Gasteiger partial charge is 0.336 e. The van der Waals surface area contributed by atoms with Crippen molar-refractivity contribution in [2.75, 3.05) is 24.8 Å². The predicted octanol–water partition coefficient (Wildman–Crippen LogP) is 3.87. The Bertz CT molecular complexity index is 1180. The summed E-state index contributed by atoms with van der Waals surface area (Å²) in [4.78, 5) is 33.8. The number of thioether (sulfide) groups is 1. The van der Waals surface area contributed by atoms with Gasteiger partial charge in [-0.2, -0.15) is 5.26 Å². The average molecular weight is 499 g/mol. The van der Waals surface area contributed by atoms with Crippen LogP contribution in [0.25, 0.3) is 0 Å². The van der Waals surface area contributed by atoms with E-state index in [4.69, 9.17) is 9.47 Å². The minimum atomic E-state index is -0.873. The normalized spacial score (nSPS) is 17.4. The number of nitriles is 1. The summed E-state index contributed by atoms with van der Waals surface area (Å²) in [7, 11) is 1.41. The fourth-order valence-electron chi connectivity index (χ4n) is 3.39. The van der Waals surface area contributed by atoms with E-state index in [0.717, 1.165) is 11.8 Å². The fraction of sp³-hybridized carbons (Fsp3) is 0.261. The van der Waals surface area contributed by atoms with Gasteiger partial charge in [-0.05, 0) is 24.6 Å². The van der Waals surface area contributed by atoms with Crippen molar-refractivity contribution in [3.05, 3.63) is 59.3 Å². The number of phenols is 1. The largest absolute Gasteiger partial charge is 0.504 e. The van der Waals surface area contributed by atoms with E-state index in [1.54, 1.807) is 30.6 Å². The van der Waals surface area contributed by atoms with Crippen LogP contribution in [-0.2, 0) is 14.3 Å². The van der Waals surface area contributed by atoms with E-state index in [9.17, 15) is 20.0 Å². The molecule has 0 saturated carbocycles. The van der Waals surface area contributed by atoms with Crippen molar-refractivity contribution in [2.24, 2.45) is 10.9 Å². The molecule has 2 unspecified atom stereocenters. The molecule has 2 aromatic rings. The molecule has 0 radical (unpaired) electrons. The Hall–Kier alpha value is -3.62. The molecule has 1 aliphatic rings. The molecule has 1 amide bonds. The van der Waals surface area contributed by atoms with Crippen LogP contribution in [0, 0.1) is 17.2 Å². The third kappa shape index (κ3) is 5.65. The minimum Gasteiger partial charge on any atom is -0.504 e. The maximum atomic E-state index is 12.9. The third-order valence-electron chi connectivity index (χ3n) is 4.86. The SMILES string of the molecule is C=CCOC(=O)C1=C(C)N=C(SCC(=O)Nc2nccs2)C(C#N)C1c1ccc(O)c(OC)c1. The number of aliphatic imine (C=N–C) groups is 1. The van der Waals surface area contributed by atoms with Gasteiger partial charge >= 0.3 is 5.97 Å². The molecule has 9 nitrogen and oxygen atoms in total. The van der Waals surface area contributed by atoms with E-state index in [1.165, 1.54) is 30.6 Å². The number of anilines is 1. The monoisotopic (exact) mass is 498 g/mol. The van der Waals surface area contributed by atoms with Gasteiger partial charge in [0, 0.05) is 23.2 Å². The first-order valence-corrected chi connectivity index (χ1v) is 11.9. The Kier molecular flexibility index (Phi) is 8.45. The molecule has 1 aromatic carbocycles. The number of thiazole rings is 1. The summed E-state index contributed by atoms with van der Waals surface area (Å²) >= 11 is 2.41. The summed E-state index contributed by atoms with van der Waals surface area (Å²) < 4.78 is 10.5. The molecule has 0 aliphatic carbocycles. The van der Waals surface area contributed by atoms with Crippen LogP contribution in [0.1, 0.15) is 18.4 Å². The Labute approximate surface area is 204 Å². The summed E-state index contributed by atoms with van der Waals surface area (Å²) in [5.74, 6) is -2.41. The number of nitrogens with one attached hydrogen (secondary N) is 1. The standard InChI is InChI=1S/C23H22N4O5S2/c1-4-8-32-22(30)19-13(2)26-21(34-12-18(29)27-23-25-7-9-33-23)15(11-24)20(19)14-5-6-16(28)17(10-14)31-3/h4-7,9-10,15,20,28H,1,8,12H2,2-3H3,(H,25,27,29). The second-order valence-electron chi connectivity index (χ2n) is 7.03. The minimum absolute atomic E-state index is 0.000695. The Morgan fingerprint density at radius 2 is 2.24 bits per heavy atom. The Balaban J connectivity index is 1.96. The highest BCUT2D eigenvalue weighted by atomic mass is 32.2. The van der Waals surface area contributed by atoms with E-state index < -0.39 is 17.8 Å². The second-order valence-corrected chi connectivity index (χ2v) is 8.92. The number of esters is 1. The van der Waals surface area contributed by atoms with E-state index in [1.807, 2.05) is 0 Å². The van der Waals surface area contributed by atoms with Crippen molar-refractivity contribution >= 4 is 45.2 Å². The topological polar surface area (TPSA) is 134 Å². The lowest BCUT2D eigenvalue weighted by Crippen LogP contribution is -2.30. The Morgan fingerprint density at radius 1 is 1.44 bits per heavy atom. The van der Waals surface area contributed by atoms with Crippen LogP contribution < -0.4 is 10.1 Å². The zero-order chi connectivity index (χ0) is 24.7. The molecule has 0 fully saturated rings. The Morgan fingerprint density at radius 3 is 2.88 bits per heavy atom. The van der Waals surface area contributed by atoms with Gasteiger partial charge in [-0.1, -0.05) is 30.5 Å². The first-order valence-electron chi connectivity index (χ1n) is 10.1. The zero-order valence-electron chi connectivity index (χ0n) is 18.5. The number of methoxy groups -OCH3 is 1. The lowest BCUT2D eigenvalue weighted by Gasteiger charge is -2.30. The highest BCUT2D eigenvalue weighted by molar-refractivity contribution is 8.14. The van der Waals surface area contributed by atoms with Crippen molar-refractivity contribution in [2.45, 2.75) is 12.8 Å². The summed E-state index contributed by atoms with van der Waals surface area (Å²) in [6.45, 7) is 5.21. The molecule has 2 heterocycles. The summed E-state index contributed by atoms with van der Waals surface area (Å²) in [5, 5.41) is 25.4. The quantitative estimate of drug-likeness (QED) is 0.414. The molecule has 2 N–H and O–H groups in total. The number of hydrogen-bond donors (Lipinski definition) is 2. The number of ether oxygens (including phenoxy) is 2. The van der Waals surface area contributed by atoms with Gasteiger partial charge in [-0.3, -0.25) is 4.79 Å². The van der Waals surface area contributed by atoms with Crippen molar-refractivity contribution in [1.82, 2.24) is 4.98 Å². The lowest BCUT2D eigenvalue weighted by atomic mass is 9.79. The molecule has 0 bridgehead atoms. The number of phenolic OH excluding ortho intramolecular Hbond substituents is 1. The highest BCUT2D eigenvalue weighted by Gasteiger charge is 2.40. The van der Waals surface area contributed by atoms with E-state index >= 15 is 0 Å². The zero-order valence-corrected chi connectivity index (χ0v) is 20.1. The van der Waals surface area contributed by atoms with Gasteiger partial charge in [0.25, 0.3) is 0 Å².